The van der Waals surface area contributed by atoms with Gasteiger partial charge in [-0.25, -0.2) is 0 Å². The van der Waals surface area contributed by atoms with Crippen LogP contribution in [0.2, 0.25) is 0 Å². The summed E-state index contributed by atoms with van der Waals surface area (Å²) in [5, 5.41) is 4.89. The lowest BCUT2D eigenvalue weighted by Gasteiger charge is -2.05. The zero-order valence-electron chi connectivity index (χ0n) is 11.4. The molecular formula is C17H15NO2S. The Bertz CT molecular complexity index is 701. The van der Waals surface area contributed by atoms with Gasteiger partial charge in [0, 0.05) is 18.5 Å². The van der Waals surface area contributed by atoms with Gasteiger partial charge in [-0.1, -0.05) is 30.3 Å². The Kier molecular flexibility index (Phi) is 4.17. The summed E-state index contributed by atoms with van der Waals surface area (Å²) in [6, 6.07) is 15.7. The fourth-order valence-corrected chi connectivity index (χ4v) is 3.00. The second-order valence-corrected chi connectivity index (χ2v) is 5.53. The van der Waals surface area contributed by atoms with Gasteiger partial charge in [0.05, 0.1) is 11.1 Å². The van der Waals surface area contributed by atoms with Gasteiger partial charge in [0.1, 0.15) is 5.76 Å². The van der Waals surface area contributed by atoms with Gasteiger partial charge in [-0.15, -0.1) is 11.3 Å². The van der Waals surface area contributed by atoms with Crippen LogP contribution in [0.25, 0.3) is 11.1 Å². The molecule has 0 saturated heterocycles. The highest BCUT2D eigenvalue weighted by Gasteiger charge is 2.14. The van der Waals surface area contributed by atoms with Crippen LogP contribution in [0.1, 0.15) is 15.4 Å². The summed E-state index contributed by atoms with van der Waals surface area (Å²) >= 11 is 1.46. The first-order chi connectivity index (χ1) is 10.3. The summed E-state index contributed by atoms with van der Waals surface area (Å²) in [6.45, 7) is 0.568. The fraction of sp³-hybridized carbons (Fsp3) is 0.118. The Hall–Kier alpha value is -2.33. The molecule has 2 heterocycles. The monoisotopic (exact) mass is 297 g/mol. The average Bonchev–Trinajstić information content (AvgIpc) is 3.19. The second-order valence-electron chi connectivity index (χ2n) is 4.61. The Morgan fingerprint density at radius 3 is 2.71 bits per heavy atom. The molecule has 106 valence electrons. The molecule has 3 aromatic rings. The summed E-state index contributed by atoms with van der Waals surface area (Å²) in [5.74, 6) is 0.847. The average molecular weight is 297 g/mol. The van der Waals surface area contributed by atoms with Gasteiger partial charge >= 0.3 is 0 Å². The molecule has 0 radical (unpaired) electrons. The topological polar surface area (TPSA) is 42.2 Å². The van der Waals surface area contributed by atoms with E-state index in [0.29, 0.717) is 13.0 Å². The standard InChI is InChI=1S/C17H15NO2S/c19-17(18-10-8-14-7-4-11-20-14)16-15(9-12-21-16)13-5-2-1-3-6-13/h1-7,9,11-12H,8,10H2,(H,18,19). The van der Waals surface area contributed by atoms with Crippen molar-refractivity contribution in [1.82, 2.24) is 5.32 Å². The first-order valence-corrected chi connectivity index (χ1v) is 7.66. The van der Waals surface area contributed by atoms with Crippen molar-refractivity contribution < 1.29 is 9.21 Å². The van der Waals surface area contributed by atoms with Gasteiger partial charge < -0.3 is 9.73 Å². The molecule has 0 fully saturated rings. The van der Waals surface area contributed by atoms with Gasteiger partial charge in [0.15, 0.2) is 0 Å². The maximum Gasteiger partial charge on any atom is 0.262 e. The van der Waals surface area contributed by atoms with Crippen LogP contribution in [0.4, 0.5) is 0 Å². The molecule has 0 saturated carbocycles. The third kappa shape index (κ3) is 3.23. The number of furan rings is 1. The third-order valence-corrected chi connectivity index (χ3v) is 4.11. The summed E-state index contributed by atoms with van der Waals surface area (Å²) in [4.78, 5) is 13.0. The lowest BCUT2D eigenvalue weighted by molar-refractivity contribution is 0.0958. The SMILES string of the molecule is O=C(NCCc1ccco1)c1sccc1-c1ccccc1. The van der Waals surface area contributed by atoms with Gasteiger partial charge in [0.2, 0.25) is 0 Å². The Labute approximate surface area is 127 Å². The van der Waals surface area contributed by atoms with Gasteiger partial charge in [-0.2, -0.15) is 0 Å². The number of carbonyl (C=O) groups excluding carboxylic acids is 1. The first-order valence-electron chi connectivity index (χ1n) is 6.78. The number of rotatable bonds is 5. The zero-order chi connectivity index (χ0) is 14.5. The third-order valence-electron chi connectivity index (χ3n) is 3.19. The minimum Gasteiger partial charge on any atom is -0.469 e. The smallest absolute Gasteiger partial charge is 0.262 e. The highest BCUT2D eigenvalue weighted by Crippen LogP contribution is 2.27. The van der Waals surface area contributed by atoms with E-state index in [1.54, 1.807) is 6.26 Å². The molecule has 1 amide bonds. The van der Waals surface area contributed by atoms with Crippen LogP contribution in [0.15, 0.2) is 64.6 Å². The molecule has 2 aromatic heterocycles. The van der Waals surface area contributed by atoms with Crippen LogP contribution in [0, 0.1) is 0 Å². The molecule has 4 heteroatoms. The summed E-state index contributed by atoms with van der Waals surface area (Å²) < 4.78 is 5.25. The maximum absolute atomic E-state index is 12.3. The van der Waals surface area contributed by atoms with E-state index in [4.69, 9.17) is 4.42 Å². The van der Waals surface area contributed by atoms with E-state index in [9.17, 15) is 4.79 Å². The quantitative estimate of drug-likeness (QED) is 0.774. The number of thiophene rings is 1. The predicted molar refractivity (Wildman–Crippen MR) is 84.5 cm³/mol. The molecule has 0 atom stereocenters. The minimum absolute atomic E-state index is 0.0320. The molecule has 3 nitrogen and oxygen atoms in total. The largest absolute Gasteiger partial charge is 0.469 e. The number of nitrogens with one attached hydrogen (secondary N) is 1. The van der Waals surface area contributed by atoms with Crippen molar-refractivity contribution in [2.75, 3.05) is 6.54 Å². The normalized spacial score (nSPS) is 10.5. The second kappa shape index (κ2) is 6.41. The van der Waals surface area contributed by atoms with Crippen LogP contribution in [0.5, 0.6) is 0 Å². The molecule has 0 aliphatic rings. The lowest BCUT2D eigenvalue weighted by atomic mass is 10.1. The van der Waals surface area contributed by atoms with Crippen molar-refractivity contribution in [2.45, 2.75) is 6.42 Å². The lowest BCUT2D eigenvalue weighted by Crippen LogP contribution is -2.25. The number of hydrogen-bond acceptors (Lipinski definition) is 3. The van der Waals surface area contributed by atoms with Crippen LogP contribution in [-0.2, 0) is 6.42 Å². The Morgan fingerprint density at radius 2 is 1.95 bits per heavy atom. The van der Waals surface area contributed by atoms with Crippen LogP contribution in [-0.4, -0.2) is 12.5 Å². The van der Waals surface area contributed by atoms with E-state index >= 15 is 0 Å². The van der Waals surface area contributed by atoms with Crippen molar-refractivity contribution >= 4 is 17.2 Å². The highest BCUT2D eigenvalue weighted by molar-refractivity contribution is 7.12. The van der Waals surface area contributed by atoms with E-state index in [2.05, 4.69) is 5.32 Å². The van der Waals surface area contributed by atoms with Crippen molar-refractivity contribution in [3.63, 3.8) is 0 Å². The van der Waals surface area contributed by atoms with Gasteiger partial charge in [-0.3, -0.25) is 4.79 Å². The van der Waals surface area contributed by atoms with Gasteiger partial charge in [0.25, 0.3) is 5.91 Å². The maximum atomic E-state index is 12.3. The van der Waals surface area contributed by atoms with E-state index in [0.717, 1.165) is 21.8 Å². The fourth-order valence-electron chi connectivity index (χ4n) is 2.16. The first kappa shape index (κ1) is 13.6. The van der Waals surface area contributed by atoms with Crippen LogP contribution < -0.4 is 5.32 Å². The Morgan fingerprint density at radius 1 is 1.10 bits per heavy atom. The number of hydrogen-bond donors (Lipinski definition) is 1. The van der Waals surface area contributed by atoms with Crippen LogP contribution in [0.3, 0.4) is 0 Å². The van der Waals surface area contributed by atoms with Crippen molar-refractivity contribution in [1.29, 1.82) is 0 Å². The molecule has 21 heavy (non-hydrogen) atoms. The zero-order valence-corrected chi connectivity index (χ0v) is 12.2. The summed E-state index contributed by atoms with van der Waals surface area (Å²) in [7, 11) is 0. The van der Waals surface area contributed by atoms with E-state index in [1.807, 2.05) is 53.9 Å². The van der Waals surface area contributed by atoms with Crippen molar-refractivity contribution in [3.8, 4) is 11.1 Å². The molecule has 0 aliphatic heterocycles. The predicted octanol–water partition coefficient (Wildman–Crippen LogP) is 3.98. The molecule has 1 N–H and O–H groups in total. The molecule has 3 rings (SSSR count). The molecule has 0 unspecified atom stereocenters. The minimum atomic E-state index is -0.0320. The molecule has 0 bridgehead atoms. The molecule has 1 aromatic carbocycles. The molecule has 0 aliphatic carbocycles. The Balaban J connectivity index is 1.67. The number of carbonyl (C=O) groups is 1. The van der Waals surface area contributed by atoms with Crippen LogP contribution >= 0.6 is 11.3 Å². The van der Waals surface area contributed by atoms with E-state index in [1.165, 1.54) is 11.3 Å². The van der Waals surface area contributed by atoms with E-state index < -0.39 is 0 Å². The van der Waals surface area contributed by atoms with E-state index in [-0.39, 0.29) is 5.91 Å². The number of benzene rings is 1. The molecular weight excluding hydrogens is 282 g/mol. The molecule has 0 spiro atoms. The summed E-state index contributed by atoms with van der Waals surface area (Å²) in [6.07, 6.45) is 2.34. The highest BCUT2D eigenvalue weighted by atomic mass is 32.1. The van der Waals surface area contributed by atoms with Gasteiger partial charge in [-0.05, 0) is 29.1 Å². The van der Waals surface area contributed by atoms with Crippen molar-refractivity contribution in [3.05, 3.63) is 70.8 Å². The summed E-state index contributed by atoms with van der Waals surface area (Å²) in [5.41, 5.74) is 2.05. The van der Waals surface area contributed by atoms with Crippen molar-refractivity contribution in [2.24, 2.45) is 0 Å². The number of amides is 1.